The van der Waals surface area contributed by atoms with E-state index >= 15 is 0 Å². The zero-order valence-corrected chi connectivity index (χ0v) is 12.1. The standard InChI is InChI=1S/C13H17BrO3/c1-13(2,3)11(15)8-17-12-9(14)6-5-7-10(12)16-4/h5-7H,8H2,1-4H3. The Morgan fingerprint density at radius 1 is 1.35 bits per heavy atom. The molecule has 17 heavy (non-hydrogen) atoms. The maximum Gasteiger partial charge on any atom is 0.175 e. The van der Waals surface area contributed by atoms with Gasteiger partial charge < -0.3 is 9.47 Å². The molecule has 0 fully saturated rings. The van der Waals surface area contributed by atoms with Crippen molar-refractivity contribution in [1.82, 2.24) is 0 Å². The summed E-state index contributed by atoms with van der Waals surface area (Å²) in [4.78, 5) is 11.8. The number of Topliss-reactive ketones (excluding diaryl/α,β-unsaturated/α-hetero) is 1. The van der Waals surface area contributed by atoms with E-state index in [0.717, 1.165) is 4.47 Å². The molecule has 0 spiro atoms. The van der Waals surface area contributed by atoms with Gasteiger partial charge in [-0.1, -0.05) is 26.8 Å². The maximum atomic E-state index is 11.8. The molecular formula is C13H17BrO3. The van der Waals surface area contributed by atoms with Gasteiger partial charge in [0, 0.05) is 5.41 Å². The number of para-hydroxylation sites is 1. The zero-order valence-electron chi connectivity index (χ0n) is 10.5. The maximum absolute atomic E-state index is 11.8. The summed E-state index contributed by atoms with van der Waals surface area (Å²) in [6.07, 6.45) is 0. The van der Waals surface area contributed by atoms with Crippen molar-refractivity contribution >= 4 is 21.7 Å². The molecule has 0 atom stereocenters. The second-order valence-electron chi connectivity index (χ2n) is 4.73. The van der Waals surface area contributed by atoms with Gasteiger partial charge in [0.2, 0.25) is 0 Å². The fourth-order valence-electron chi connectivity index (χ4n) is 1.14. The third-order valence-electron chi connectivity index (χ3n) is 2.33. The SMILES string of the molecule is COc1cccc(Br)c1OCC(=O)C(C)(C)C. The summed E-state index contributed by atoms with van der Waals surface area (Å²) in [7, 11) is 1.57. The average Bonchev–Trinajstić information content (AvgIpc) is 2.25. The van der Waals surface area contributed by atoms with Crippen LogP contribution in [0.25, 0.3) is 0 Å². The number of ether oxygens (including phenoxy) is 2. The summed E-state index contributed by atoms with van der Waals surface area (Å²) in [5, 5.41) is 0. The van der Waals surface area contributed by atoms with Crippen LogP contribution in [0.4, 0.5) is 0 Å². The first kappa shape index (κ1) is 14.0. The number of rotatable bonds is 4. The molecule has 0 aromatic heterocycles. The van der Waals surface area contributed by atoms with Crippen molar-refractivity contribution in [1.29, 1.82) is 0 Å². The Kier molecular flexibility index (Phi) is 4.57. The summed E-state index contributed by atoms with van der Waals surface area (Å²) < 4.78 is 11.5. The van der Waals surface area contributed by atoms with Crippen LogP contribution in [0.2, 0.25) is 0 Å². The van der Waals surface area contributed by atoms with Crippen molar-refractivity contribution in [2.75, 3.05) is 13.7 Å². The molecule has 94 valence electrons. The van der Waals surface area contributed by atoms with Gasteiger partial charge in [-0.05, 0) is 28.1 Å². The fourth-order valence-corrected chi connectivity index (χ4v) is 1.61. The topological polar surface area (TPSA) is 35.5 Å². The van der Waals surface area contributed by atoms with Crippen molar-refractivity contribution in [3.63, 3.8) is 0 Å². The Labute approximate surface area is 110 Å². The molecule has 0 aliphatic heterocycles. The second kappa shape index (κ2) is 5.54. The number of hydrogen-bond donors (Lipinski definition) is 0. The molecule has 0 radical (unpaired) electrons. The minimum absolute atomic E-state index is 0.0441. The molecule has 0 N–H and O–H groups in total. The van der Waals surface area contributed by atoms with Gasteiger partial charge in [-0.25, -0.2) is 0 Å². The summed E-state index contributed by atoms with van der Waals surface area (Å²) in [6, 6.07) is 5.49. The molecule has 0 aliphatic rings. The van der Waals surface area contributed by atoms with Crippen molar-refractivity contribution < 1.29 is 14.3 Å². The van der Waals surface area contributed by atoms with Gasteiger partial charge in [0.05, 0.1) is 11.6 Å². The number of carbonyl (C=O) groups is 1. The van der Waals surface area contributed by atoms with Gasteiger partial charge in [0.25, 0.3) is 0 Å². The molecule has 1 rings (SSSR count). The Hall–Kier alpha value is -1.03. The zero-order chi connectivity index (χ0) is 13.1. The molecule has 1 aromatic rings. The first-order chi connectivity index (χ1) is 7.86. The molecule has 0 saturated heterocycles. The molecule has 0 aliphatic carbocycles. The predicted octanol–water partition coefficient (Wildman–Crippen LogP) is 3.45. The van der Waals surface area contributed by atoms with E-state index in [9.17, 15) is 4.79 Å². The summed E-state index contributed by atoms with van der Waals surface area (Å²) in [5.41, 5.74) is -0.394. The highest BCUT2D eigenvalue weighted by molar-refractivity contribution is 9.10. The third kappa shape index (κ3) is 3.73. The molecule has 1 aromatic carbocycles. The first-order valence-corrected chi connectivity index (χ1v) is 6.14. The molecular weight excluding hydrogens is 284 g/mol. The number of carbonyl (C=O) groups excluding carboxylic acids is 1. The Morgan fingerprint density at radius 3 is 2.53 bits per heavy atom. The molecule has 0 bridgehead atoms. The third-order valence-corrected chi connectivity index (χ3v) is 2.96. The Balaban J connectivity index is 2.79. The van der Waals surface area contributed by atoms with Crippen LogP contribution in [-0.2, 0) is 4.79 Å². The molecule has 0 amide bonds. The highest BCUT2D eigenvalue weighted by Crippen LogP contribution is 2.35. The molecule has 4 heteroatoms. The fraction of sp³-hybridized carbons (Fsp3) is 0.462. The number of ketones is 1. The summed E-state index contributed by atoms with van der Waals surface area (Å²) in [6.45, 7) is 5.66. The number of methoxy groups -OCH3 is 1. The van der Waals surface area contributed by atoms with Crippen LogP contribution in [0.1, 0.15) is 20.8 Å². The monoisotopic (exact) mass is 300 g/mol. The van der Waals surface area contributed by atoms with Crippen molar-refractivity contribution in [2.45, 2.75) is 20.8 Å². The Morgan fingerprint density at radius 2 is 2.00 bits per heavy atom. The van der Waals surface area contributed by atoms with Crippen LogP contribution in [0.5, 0.6) is 11.5 Å². The van der Waals surface area contributed by atoms with E-state index in [2.05, 4.69) is 15.9 Å². The van der Waals surface area contributed by atoms with E-state index in [-0.39, 0.29) is 12.4 Å². The average molecular weight is 301 g/mol. The van der Waals surface area contributed by atoms with Gasteiger partial charge in [-0.2, -0.15) is 0 Å². The minimum Gasteiger partial charge on any atom is -0.493 e. The lowest BCUT2D eigenvalue weighted by atomic mass is 9.91. The van der Waals surface area contributed by atoms with E-state index in [1.807, 2.05) is 32.9 Å². The van der Waals surface area contributed by atoms with E-state index in [4.69, 9.17) is 9.47 Å². The smallest absolute Gasteiger partial charge is 0.175 e. The number of benzene rings is 1. The van der Waals surface area contributed by atoms with Crippen LogP contribution >= 0.6 is 15.9 Å². The summed E-state index contributed by atoms with van der Waals surface area (Å²) in [5.74, 6) is 1.23. The second-order valence-corrected chi connectivity index (χ2v) is 5.59. The highest BCUT2D eigenvalue weighted by atomic mass is 79.9. The molecule has 0 heterocycles. The van der Waals surface area contributed by atoms with Crippen LogP contribution in [-0.4, -0.2) is 19.5 Å². The van der Waals surface area contributed by atoms with E-state index in [0.29, 0.717) is 11.5 Å². The normalized spacial score (nSPS) is 11.1. The minimum atomic E-state index is -0.394. The van der Waals surface area contributed by atoms with E-state index in [1.54, 1.807) is 13.2 Å². The van der Waals surface area contributed by atoms with Gasteiger partial charge >= 0.3 is 0 Å². The predicted molar refractivity (Wildman–Crippen MR) is 70.7 cm³/mol. The van der Waals surface area contributed by atoms with Crippen LogP contribution in [0.15, 0.2) is 22.7 Å². The molecule has 0 saturated carbocycles. The van der Waals surface area contributed by atoms with E-state index in [1.165, 1.54) is 0 Å². The lowest BCUT2D eigenvalue weighted by molar-refractivity contribution is -0.128. The lowest BCUT2D eigenvalue weighted by Gasteiger charge is -2.18. The molecule has 0 unspecified atom stereocenters. The van der Waals surface area contributed by atoms with E-state index < -0.39 is 5.41 Å². The quantitative estimate of drug-likeness (QED) is 0.854. The number of hydrogen-bond acceptors (Lipinski definition) is 3. The van der Waals surface area contributed by atoms with Crippen molar-refractivity contribution in [2.24, 2.45) is 5.41 Å². The van der Waals surface area contributed by atoms with Crippen LogP contribution in [0.3, 0.4) is 0 Å². The Bertz CT molecular complexity index is 408. The van der Waals surface area contributed by atoms with Crippen LogP contribution in [0, 0.1) is 5.41 Å². The van der Waals surface area contributed by atoms with Crippen molar-refractivity contribution in [3.05, 3.63) is 22.7 Å². The van der Waals surface area contributed by atoms with Gasteiger partial charge in [-0.15, -0.1) is 0 Å². The van der Waals surface area contributed by atoms with Gasteiger partial charge in [0.15, 0.2) is 17.3 Å². The number of halogens is 1. The lowest BCUT2D eigenvalue weighted by Crippen LogP contribution is -2.26. The van der Waals surface area contributed by atoms with Gasteiger partial charge in [-0.3, -0.25) is 4.79 Å². The largest absolute Gasteiger partial charge is 0.493 e. The van der Waals surface area contributed by atoms with Crippen molar-refractivity contribution in [3.8, 4) is 11.5 Å². The highest BCUT2D eigenvalue weighted by Gasteiger charge is 2.22. The molecule has 3 nitrogen and oxygen atoms in total. The van der Waals surface area contributed by atoms with Crippen LogP contribution < -0.4 is 9.47 Å². The summed E-state index contributed by atoms with van der Waals surface area (Å²) >= 11 is 3.37. The van der Waals surface area contributed by atoms with Gasteiger partial charge in [0.1, 0.15) is 6.61 Å². The first-order valence-electron chi connectivity index (χ1n) is 5.35.